The van der Waals surface area contributed by atoms with Crippen molar-refractivity contribution in [1.82, 2.24) is 10.2 Å². The predicted octanol–water partition coefficient (Wildman–Crippen LogP) is 3.20. The van der Waals surface area contributed by atoms with Crippen LogP contribution in [0.2, 0.25) is 0 Å². The fourth-order valence-corrected chi connectivity index (χ4v) is 4.09. The van der Waals surface area contributed by atoms with E-state index in [1.165, 1.54) is 17.0 Å². The molecule has 1 N–H and O–H groups in total. The Balaban J connectivity index is 1.73. The van der Waals surface area contributed by atoms with Crippen molar-refractivity contribution >= 4 is 23.1 Å². The van der Waals surface area contributed by atoms with Crippen LogP contribution in [0.1, 0.15) is 41.2 Å². The lowest BCUT2D eigenvalue weighted by Crippen LogP contribution is -2.43. The van der Waals surface area contributed by atoms with Crippen LogP contribution in [-0.4, -0.2) is 34.9 Å². The molecule has 8 heteroatoms. The minimum absolute atomic E-state index is 0.0418. The number of furan rings is 1. The molecule has 0 radical (unpaired) electrons. The van der Waals surface area contributed by atoms with E-state index >= 15 is 0 Å². The maximum atomic E-state index is 12.3. The van der Waals surface area contributed by atoms with E-state index in [0.717, 1.165) is 25.9 Å². The molecule has 3 heterocycles. The van der Waals surface area contributed by atoms with Crippen molar-refractivity contribution in [2.75, 3.05) is 13.1 Å². The predicted molar refractivity (Wildman–Crippen MR) is 90.2 cm³/mol. The SMILES string of the molecule is C[C@H](NC(=O)c1ccc([N+](=O)[O-])o1)[C@H](c1cccs1)N1CCCC1. The number of hydrogen-bond acceptors (Lipinski definition) is 6. The van der Waals surface area contributed by atoms with Gasteiger partial charge in [0, 0.05) is 10.9 Å². The van der Waals surface area contributed by atoms with Crippen molar-refractivity contribution in [3.63, 3.8) is 0 Å². The van der Waals surface area contributed by atoms with Gasteiger partial charge in [0.25, 0.3) is 5.91 Å². The van der Waals surface area contributed by atoms with Gasteiger partial charge < -0.3 is 9.73 Å². The molecule has 1 amide bonds. The third-order valence-electron chi connectivity index (χ3n) is 4.20. The summed E-state index contributed by atoms with van der Waals surface area (Å²) in [6.45, 7) is 3.97. The van der Waals surface area contributed by atoms with E-state index in [0.29, 0.717) is 0 Å². The molecule has 0 saturated carbocycles. The summed E-state index contributed by atoms with van der Waals surface area (Å²) in [5, 5.41) is 15.6. The summed E-state index contributed by atoms with van der Waals surface area (Å²) in [5.41, 5.74) is 0. The zero-order chi connectivity index (χ0) is 17.1. The van der Waals surface area contributed by atoms with Crippen molar-refractivity contribution in [1.29, 1.82) is 0 Å². The molecular weight excluding hydrogens is 330 g/mol. The van der Waals surface area contributed by atoms with Crippen molar-refractivity contribution < 1.29 is 14.1 Å². The highest BCUT2D eigenvalue weighted by molar-refractivity contribution is 7.10. The zero-order valence-electron chi connectivity index (χ0n) is 13.3. The van der Waals surface area contributed by atoms with Crippen LogP contribution in [0.5, 0.6) is 0 Å². The van der Waals surface area contributed by atoms with Crippen molar-refractivity contribution in [3.8, 4) is 0 Å². The molecule has 0 aliphatic carbocycles. The first kappa shape index (κ1) is 16.7. The molecule has 24 heavy (non-hydrogen) atoms. The standard InChI is InChI=1S/C16H19N3O4S/c1-11(17-16(20)12-6-7-14(23-12)19(21)22)15(13-5-4-10-24-13)18-8-2-3-9-18/h4-7,10-11,15H,2-3,8-9H2,1H3,(H,17,20)/t11-,15+/m0/s1. The lowest BCUT2D eigenvalue weighted by atomic mass is 10.1. The number of likely N-dealkylation sites (tertiary alicyclic amines) is 1. The quantitative estimate of drug-likeness (QED) is 0.639. The minimum Gasteiger partial charge on any atom is -0.395 e. The molecule has 1 fully saturated rings. The summed E-state index contributed by atoms with van der Waals surface area (Å²) in [6, 6.07) is 6.56. The molecule has 0 unspecified atom stereocenters. The topological polar surface area (TPSA) is 88.6 Å². The van der Waals surface area contributed by atoms with E-state index in [2.05, 4.69) is 16.3 Å². The number of nitro groups is 1. The molecule has 3 rings (SSSR count). The lowest BCUT2D eigenvalue weighted by molar-refractivity contribution is -0.402. The lowest BCUT2D eigenvalue weighted by Gasteiger charge is -2.32. The van der Waals surface area contributed by atoms with Crippen LogP contribution in [0.4, 0.5) is 5.88 Å². The monoisotopic (exact) mass is 349 g/mol. The molecule has 0 spiro atoms. The van der Waals surface area contributed by atoms with E-state index in [-0.39, 0.29) is 17.8 Å². The van der Waals surface area contributed by atoms with Gasteiger partial charge >= 0.3 is 5.88 Å². The summed E-state index contributed by atoms with van der Waals surface area (Å²) in [5.74, 6) is -0.904. The van der Waals surface area contributed by atoms with Gasteiger partial charge in [-0.3, -0.25) is 19.8 Å². The Morgan fingerprint density at radius 1 is 1.38 bits per heavy atom. The Bertz CT molecular complexity index is 707. The van der Waals surface area contributed by atoms with E-state index in [4.69, 9.17) is 4.42 Å². The first-order valence-electron chi connectivity index (χ1n) is 7.89. The Labute approximate surface area is 143 Å². The molecule has 2 aromatic heterocycles. The Morgan fingerprint density at radius 3 is 2.71 bits per heavy atom. The van der Waals surface area contributed by atoms with Crippen LogP contribution < -0.4 is 5.32 Å². The van der Waals surface area contributed by atoms with Crippen LogP contribution in [-0.2, 0) is 0 Å². The van der Waals surface area contributed by atoms with Crippen molar-refractivity contribution in [2.24, 2.45) is 0 Å². The number of rotatable bonds is 6. The minimum atomic E-state index is -0.654. The second-order valence-electron chi connectivity index (χ2n) is 5.86. The molecule has 1 aliphatic heterocycles. The van der Waals surface area contributed by atoms with Gasteiger partial charge in [-0.05, 0) is 50.4 Å². The summed E-state index contributed by atoms with van der Waals surface area (Å²) in [7, 11) is 0. The van der Waals surface area contributed by atoms with Crippen LogP contribution in [0.25, 0.3) is 0 Å². The normalized spacial score (nSPS) is 17.5. The first-order chi connectivity index (χ1) is 11.6. The van der Waals surface area contributed by atoms with Gasteiger partial charge in [0.05, 0.1) is 12.1 Å². The first-order valence-corrected chi connectivity index (χ1v) is 8.77. The summed E-state index contributed by atoms with van der Waals surface area (Å²) >= 11 is 1.67. The molecular formula is C16H19N3O4S. The van der Waals surface area contributed by atoms with Gasteiger partial charge in [0.2, 0.25) is 0 Å². The second kappa shape index (κ2) is 7.14. The van der Waals surface area contributed by atoms with Crippen molar-refractivity contribution in [2.45, 2.75) is 31.8 Å². The number of nitrogens with one attached hydrogen (secondary N) is 1. The number of amides is 1. The Hall–Kier alpha value is -2.19. The molecule has 2 aromatic rings. The smallest absolute Gasteiger partial charge is 0.395 e. The van der Waals surface area contributed by atoms with E-state index in [1.807, 2.05) is 18.4 Å². The third-order valence-corrected chi connectivity index (χ3v) is 5.14. The summed E-state index contributed by atoms with van der Waals surface area (Å²) < 4.78 is 4.98. The van der Waals surface area contributed by atoms with Crippen LogP contribution in [0, 0.1) is 10.1 Å². The molecule has 0 bridgehead atoms. The highest BCUT2D eigenvalue weighted by Gasteiger charge is 2.31. The number of thiophene rings is 1. The highest BCUT2D eigenvalue weighted by Crippen LogP contribution is 2.31. The maximum Gasteiger partial charge on any atom is 0.433 e. The molecule has 1 aliphatic rings. The van der Waals surface area contributed by atoms with Gasteiger partial charge in [0.15, 0.2) is 5.76 Å². The average Bonchev–Trinajstić information content (AvgIpc) is 3.30. The van der Waals surface area contributed by atoms with Gasteiger partial charge in [-0.25, -0.2) is 0 Å². The van der Waals surface area contributed by atoms with Crippen LogP contribution in [0.3, 0.4) is 0 Å². The average molecular weight is 349 g/mol. The zero-order valence-corrected chi connectivity index (χ0v) is 14.1. The molecule has 128 valence electrons. The maximum absolute atomic E-state index is 12.3. The largest absolute Gasteiger partial charge is 0.433 e. The molecule has 0 aromatic carbocycles. The number of nitrogens with zero attached hydrogens (tertiary/aromatic N) is 2. The fraction of sp³-hybridized carbons (Fsp3) is 0.438. The Kier molecular flexibility index (Phi) is 4.96. The number of hydrogen-bond donors (Lipinski definition) is 1. The second-order valence-corrected chi connectivity index (χ2v) is 6.84. The highest BCUT2D eigenvalue weighted by atomic mass is 32.1. The number of carbonyl (C=O) groups is 1. The van der Waals surface area contributed by atoms with E-state index < -0.39 is 16.7 Å². The summed E-state index contributed by atoms with van der Waals surface area (Å²) in [6.07, 6.45) is 2.32. The van der Waals surface area contributed by atoms with Crippen LogP contribution >= 0.6 is 11.3 Å². The Morgan fingerprint density at radius 2 is 2.12 bits per heavy atom. The number of carbonyl (C=O) groups excluding carboxylic acids is 1. The third kappa shape index (κ3) is 3.49. The summed E-state index contributed by atoms with van der Waals surface area (Å²) in [4.78, 5) is 25.9. The molecule has 7 nitrogen and oxygen atoms in total. The van der Waals surface area contributed by atoms with Gasteiger partial charge in [-0.15, -0.1) is 11.3 Å². The van der Waals surface area contributed by atoms with Crippen LogP contribution in [0.15, 0.2) is 34.1 Å². The fourth-order valence-electron chi connectivity index (χ4n) is 3.13. The van der Waals surface area contributed by atoms with E-state index in [9.17, 15) is 14.9 Å². The molecule has 1 saturated heterocycles. The molecule has 2 atom stereocenters. The van der Waals surface area contributed by atoms with Gasteiger partial charge in [-0.2, -0.15) is 0 Å². The van der Waals surface area contributed by atoms with Crippen molar-refractivity contribution in [3.05, 3.63) is 50.4 Å². The van der Waals surface area contributed by atoms with Gasteiger partial charge in [-0.1, -0.05) is 6.07 Å². The van der Waals surface area contributed by atoms with E-state index in [1.54, 1.807) is 11.3 Å². The van der Waals surface area contributed by atoms with Gasteiger partial charge in [0.1, 0.15) is 4.92 Å².